The number of ether oxygens (including phenoxy) is 2. The van der Waals surface area contributed by atoms with Gasteiger partial charge in [-0.15, -0.1) is 0 Å². The number of nitrogens with two attached hydrogens (primary N) is 1. The van der Waals surface area contributed by atoms with Crippen LogP contribution >= 0.6 is 0 Å². The van der Waals surface area contributed by atoms with E-state index in [1.165, 1.54) is 19.3 Å². The van der Waals surface area contributed by atoms with E-state index in [0.717, 1.165) is 60.9 Å². The maximum atomic E-state index is 12.2. The predicted molar refractivity (Wildman–Crippen MR) is 119 cm³/mol. The summed E-state index contributed by atoms with van der Waals surface area (Å²) in [7, 11) is 0. The Morgan fingerprint density at radius 2 is 1.87 bits per heavy atom. The topological polar surface area (TPSA) is 86.5 Å². The van der Waals surface area contributed by atoms with E-state index in [9.17, 15) is 4.79 Å². The van der Waals surface area contributed by atoms with Crippen molar-refractivity contribution in [2.45, 2.75) is 83.0 Å². The van der Waals surface area contributed by atoms with Crippen LogP contribution in [0.25, 0.3) is 10.9 Å². The first kappa shape index (κ1) is 20.9. The molecule has 3 N–H and O–H groups in total. The fourth-order valence-electron chi connectivity index (χ4n) is 4.72. The van der Waals surface area contributed by atoms with E-state index in [-0.39, 0.29) is 30.8 Å². The lowest BCUT2D eigenvalue weighted by atomic mass is 9.93. The van der Waals surface area contributed by atoms with Crippen LogP contribution in [-0.4, -0.2) is 35.7 Å². The number of carbonyl (C=O) groups is 1. The van der Waals surface area contributed by atoms with Gasteiger partial charge in [0.2, 0.25) is 5.91 Å². The van der Waals surface area contributed by atoms with Gasteiger partial charge < -0.3 is 20.5 Å². The first-order valence-corrected chi connectivity index (χ1v) is 11.3. The summed E-state index contributed by atoms with van der Waals surface area (Å²) in [6.07, 6.45) is 9.93. The van der Waals surface area contributed by atoms with Gasteiger partial charge in [0.15, 0.2) is 0 Å². The average molecular weight is 412 g/mol. The molecule has 2 fully saturated rings. The second kappa shape index (κ2) is 9.65. The molecule has 2 aromatic rings. The third-order valence-electron chi connectivity index (χ3n) is 6.29. The molecule has 0 bridgehead atoms. The van der Waals surface area contributed by atoms with E-state index in [4.69, 9.17) is 15.2 Å². The summed E-state index contributed by atoms with van der Waals surface area (Å²) in [6.45, 7) is 2.13. The van der Waals surface area contributed by atoms with E-state index >= 15 is 0 Å². The number of nitrogen functional groups attached to an aromatic ring is 1. The number of fused-ring (bicyclic) bond motifs is 1. The molecule has 1 amide bonds. The highest BCUT2D eigenvalue weighted by Crippen LogP contribution is 2.33. The number of aryl methyl sites for hydroxylation is 1. The summed E-state index contributed by atoms with van der Waals surface area (Å²) >= 11 is 0. The highest BCUT2D eigenvalue weighted by Gasteiger charge is 2.25. The molecule has 4 rings (SSSR count). The molecule has 0 aliphatic heterocycles. The zero-order chi connectivity index (χ0) is 20.9. The third kappa shape index (κ3) is 5.22. The zero-order valence-corrected chi connectivity index (χ0v) is 17.9. The lowest BCUT2D eigenvalue weighted by Crippen LogP contribution is -2.41. The van der Waals surface area contributed by atoms with Gasteiger partial charge in [-0.05, 0) is 63.6 Å². The third-order valence-corrected chi connectivity index (χ3v) is 6.29. The van der Waals surface area contributed by atoms with Crippen molar-refractivity contribution in [1.29, 1.82) is 0 Å². The smallest absolute Gasteiger partial charge is 0.246 e. The monoisotopic (exact) mass is 411 g/mol. The maximum Gasteiger partial charge on any atom is 0.246 e. The van der Waals surface area contributed by atoms with Crippen LogP contribution in [0.4, 0.5) is 5.69 Å². The first-order chi connectivity index (χ1) is 14.6. The minimum Gasteiger partial charge on any atom is -0.490 e. The number of anilines is 1. The van der Waals surface area contributed by atoms with Crippen LogP contribution in [0.5, 0.6) is 5.75 Å². The van der Waals surface area contributed by atoms with Crippen LogP contribution in [0, 0.1) is 6.92 Å². The van der Waals surface area contributed by atoms with E-state index in [1.54, 1.807) is 0 Å². The van der Waals surface area contributed by atoms with Gasteiger partial charge in [0.05, 0.1) is 23.1 Å². The van der Waals surface area contributed by atoms with Gasteiger partial charge in [-0.3, -0.25) is 9.78 Å². The highest BCUT2D eigenvalue weighted by atomic mass is 16.5. The molecule has 2 aliphatic carbocycles. The number of benzene rings is 1. The second-order valence-electron chi connectivity index (χ2n) is 8.73. The number of pyridine rings is 1. The van der Waals surface area contributed by atoms with E-state index in [2.05, 4.69) is 10.3 Å². The highest BCUT2D eigenvalue weighted by molar-refractivity contribution is 5.95. The summed E-state index contributed by atoms with van der Waals surface area (Å²) in [5.74, 6) is 0.805. The quantitative estimate of drug-likeness (QED) is 0.741. The van der Waals surface area contributed by atoms with E-state index < -0.39 is 0 Å². The van der Waals surface area contributed by atoms with Crippen molar-refractivity contribution in [1.82, 2.24) is 10.3 Å². The van der Waals surface area contributed by atoms with Crippen LogP contribution in [0.15, 0.2) is 24.3 Å². The zero-order valence-electron chi connectivity index (χ0n) is 17.9. The van der Waals surface area contributed by atoms with Crippen LogP contribution in [0.1, 0.15) is 63.5 Å². The summed E-state index contributed by atoms with van der Waals surface area (Å²) in [4.78, 5) is 16.8. The summed E-state index contributed by atoms with van der Waals surface area (Å²) in [5, 5.41) is 4.03. The molecule has 1 aromatic heterocycles. The number of hydrogen-bond donors (Lipinski definition) is 2. The Balaban J connectivity index is 1.26. The Labute approximate surface area is 178 Å². The molecule has 0 radical (unpaired) electrons. The van der Waals surface area contributed by atoms with Crippen LogP contribution in [-0.2, 0) is 9.53 Å². The number of carbonyl (C=O) groups excluding carboxylic acids is 1. The SMILES string of the molecule is Cc1cc(N)c2c(OC3CCC(NC(=O)COC4CCCCC4)CC3)cccc2n1. The molecule has 1 heterocycles. The lowest BCUT2D eigenvalue weighted by molar-refractivity contribution is -0.129. The maximum absolute atomic E-state index is 12.2. The van der Waals surface area contributed by atoms with E-state index in [1.807, 2.05) is 31.2 Å². The minimum atomic E-state index is 0.00760. The molecule has 30 heavy (non-hydrogen) atoms. The Morgan fingerprint density at radius 1 is 1.10 bits per heavy atom. The predicted octanol–water partition coefficient (Wildman–Crippen LogP) is 4.28. The number of aromatic nitrogens is 1. The molecule has 6 heteroatoms. The Bertz CT molecular complexity index is 871. The van der Waals surface area contributed by atoms with Crippen molar-refractivity contribution in [3.8, 4) is 5.75 Å². The number of rotatable bonds is 6. The van der Waals surface area contributed by atoms with Crippen molar-refractivity contribution >= 4 is 22.5 Å². The largest absolute Gasteiger partial charge is 0.490 e. The molecular weight excluding hydrogens is 378 g/mol. The molecule has 1 aromatic carbocycles. The molecule has 162 valence electrons. The number of nitrogens with one attached hydrogen (secondary N) is 1. The van der Waals surface area contributed by atoms with Gasteiger partial charge in [-0.2, -0.15) is 0 Å². The molecular formula is C24H33N3O3. The van der Waals surface area contributed by atoms with E-state index in [0.29, 0.717) is 5.69 Å². The summed E-state index contributed by atoms with van der Waals surface area (Å²) in [5.41, 5.74) is 8.71. The first-order valence-electron chi connectivity index (χ1n) is 11.3. The Morgan fingerprint density at radius 3 is 2.63 bits per heavy atom. The van der Waals surface area contributed by atoms with Gasteiger partial charge in [-0.25, -0.2) is 0 Å². The van der Waals surface area contributed by atoms with Crippen molar-refractivity contribution in [2.24, 2.45) is 0 Å². The van der Waals surface area contributed by atoms with Crippen LogP contribution in [0.2, 0.25) is 0 Å². The van der Waals surface area contributed by atoms with Gasteiger partial charge >= 0.3 is 0 Å². The van der Waals surface area contributed by atoms with Crippen LogP contribution < -0.4 is 15.8 Å². The number of hydrogen-bond acceptors (Lipinski definition) is 5. The fraction of sp³-hybridized carbons (Fsp3) is 0.583. The Kier molecular flexibility index (Phi) is 6.72. The fourth-order valence-corrected chi connectivity index (χ4v) is 4.72. The van der Waals surface area contributed by atoms with Crippen molar-refractivity contribution in [2.75, 3.05) is 12.3 Å². The summed E-state index contributed by atoms with van der Waals surface area (Å²) in [6, 6.07) is 7.98. The van der Waals surface area contributed by atoms with Gasteiger partial charge in [0, 0.05) is 17.4 Å². The van der Waals surface area contributed by atoms with Crippen molar-refractivity contribution in [3.05, 3.63) is 30.0 Å². The van der Waals surface area contributed by atoms with Gasteiger partial charge in [0.1, 0.15) is 12.4 Å². The standard InChI is InChI=1S/C24H33N3O3/c1-16-14-20(25)24-21(26-16)8-5-9-22(24)30-19-12-10-17(11-13-19)27-23(28)15-29-18-6-3-2-4-7-18/h5,8-9,14,17-19H,2-4,6-7,10-13,15H2,1H3,(H2,25,26)(H,27,28). The molecule has 0 saturated heterocycles. The molecule has 2 aliphatic rings. The van der Waals surface area contributed by atoms with Crippen LogP contribution in [0.3, 0.4) is 0 Å². The molecule has 0 unspecified atom stereocenters. The number of amides is 1. The number of nitrogens with zero attached hydrogens (tertiary/aromatic N) is 1. The molecule has 6 nitrogen and oxygen atoms in total. The Hall–Kier alpha value is -2.34. The average Bonchev–Trinajstić information content (AvgIpc) is 2.74. The molecule has 2 saturated carbocycles. The van der Waals surface area contributed by atoms with Crippen molar-refractivity contribution in [3.63, 3.8) is 0 Å². The van der Waals surface area contributed by atoms with Gasteiger partial charge in [-0.1, -0.05) is 25.3 Å². The normalized spacial score (nSPS) is 22.7. The van der Waals surface area contributed by atoms with Gasteiger partial charge in [0.25, 0.3) is 0 Å². The lowest BCUT2D eigenvalue weighted by Gasteiger charge is -2.30. The molecule has 0 atom stereocenters. The molecule has 0 spiro atoms. The second-order valence-corrected chi connectivity index (χ2v) is 8.73. The minimum absolute atomic E-state index is 0.00760. The summed E-state index contributed by atoms with van der Waals surface area (Å²) < 4.78 is 12.1. The van der Waals surface area contributed by atoms with Crippen molar-refractivity contribution < 1.29 is 14.3 Å².